The molecule has 0 spiro atoms. The Morgan fingerprint density at radius 2 is 1.90 bits per heavy atom. The topological polar surface area (TPSA) is 84.9 Å². The summed E-state index contributed by atoms with van der Waals surface area (Å²) in [6.07, 6.45) is 0.825. The highest BCUT2D eigenvalue weighted by atomic mass is 32.2. The molecule has 0 aliphatic carbocycles. The summed E-state index contributed by atoms with van der Waals surface area (Å²) in [5.41, 5.74) is 1.63. The van der Waals surface area contributed by atoms with E-state index in [0.29, 0.717) is 18.0 Å². The average molecular weight is 447 g/mol. The van der Waals surface area contributed by atoms with E-state index in [1.54, 1.807) is 31.2 Å². The second-order valence-electron chi connectivity index (χ2n) is 7.71. The van der Waals surface area contributed by atoms with Gasteiger partial charge in [-0.2, -0.15) is 0 Å². The number of fused-ring (bicyclic) bond motifs is 1. The molecule has 7 nitrogen and oxygen atoms in total. The number of hydrogen-bond acceptors (Lipinski definition) is 5. The summed E-state index contributed by atoms with van der Waals surface area (Å²) in [6, 6.07) is 14.8. The first kappa shape index (κ1) is 22.9. The van der Waals surface area contributed by atoms with E-state index in [4.69, 9.17) is 9.47 Å². The molecule has 1 amide bonds. The third-order valence-corrected chi connectivity index (χ3v) is 6.71. The van der Waals surface area contributed by atoms with Crippen molar-refractivity contribution in [1.82, 2.24) is 5.32 Å². The summed E-state index contributed by atoms with van der Waals surface area (Å²) in [6.45, 7) is 6.01. The fraction of sp³-hybridized carbons (Fsp3) is 0.435. The molecule has 2 aromatic carbocycles. The number of ether oxygens (including phenoxy) is 2. The number of hydrogen-bond donors (Lipinski definition) is 1. The number of nitrogens with one attached hydrogen (secondary N) is 1. The molecule has 3 rings (SSSR count). The lowest BCUT2D eigenvalue weighted by atomic mass is 10.1. The molecular weight excluding hydrogens is 416 g/mol. The highest BCUT2D eigenvalue weighted by Crippen LogP contribution is 2.35. The normalized spacial score (nSPS) is 15.9. The average Bonchev–Trinajstić information content (AvgIpc) is 2.76. The van der Waals surface area contributed by atoms with E-state index in [2.05, 4.69) is 5.32 Å². The lowest BCUT2D eigenvalue weighted by Gasteiger charge is -2.34. The van der Waals surface area contributed by atoms with Crippen molar-refractivity contribution < 1.29 is 22.7 Å². The summed E-state index contributed by atoms with van der Waals surface area (Å²) in [4.78, 5) is 12.7. The monoisotopic (exact) mass is 446 g/mol. The lowest BCUT2D eigenvalue weighted by molar-refractivity contribution is -0.127. The molecular formula is C23H30N2O5S. The summed E-state index contributed by atoms with van der Waals surface area (Å²) >= 11 is 0. The highest BCUT2D eigenvalue weighted by Gasteiger charge is 2.35. The number of sulfonamides is 1. The van der Waals surface area contributed by atoms with Crippen LogP contribution in [-0.2, 0) is 21.2 Å². The van der Waals surface area contributed by atoms with Crippen LogP contribution in [0.5, 0.6) is 11.5 Å². The van der Waals surface area contributed by atoms with Gasteiger partial charge < -0.3 is 14.8 Å². The van der Waals surface area contributed by atoms with E-state index in [0.717, 1.165) is 24.2 Å². The first-order chi connectivity index (χ1) is 14.8. The van der Waals surface area contributed by atoms with Gasteiger partial charge in [0.05, 0.1) is 24.1 Å². The number of amides is 1. The Hall–Kier alpha value is -2.74. The number of para-hydroxylation sites is 2. The zero-order valence-corrected chi connectivity index (χ0v) is 19.0. The Labute approximate surface area is 184 Å². The maximum absolute atomic E-state index is 12.7. The molecule has 31 heavy (non-hydrogen) atoms. The van der Waals surface area contributed by atoms with Crippen LogP contribution in [0, 0.1) is 0 Å². The van der Waals surface area contributed by atoms with E-state index in [9.17, 15) is 13.2 Å². The number of benzene rings is 2. The fourth-order valence-corrected chi connectivity index (χ4v) is 4.51. The minimum atomic E-state index is -3.51. The second kappa shape index (κ2) is 10.0. The molecule has 1 heterocycles. The lowest BCUT2D eigenvalue weighted by Crippen LogP contribution is -2.51. The van der Waals surface area contributed by atoms with Crippen molar-refractivity contribution in [2.45, 2.75) is 45.8 Å². The molecule has 1 unspecified atom stereocenters. The maximum atomic E-state index is 12.7. The van der Waals surface area contributed by atoms with Crippen molar-refractivity contribution in [3.05, 3.63) is 54.1 Å². The van der Waals surface area contributed by atoms with Gasteiger partial charge >= 0.3 is 0 Å². The van der Waals surface area contributed by atoms with Crippen LogP contribution < -0.4 is 19.1 Å². The van der Waals surface area contributed by atoms with Gasteiger partial charge in [-0.05, 0) is 63.4 Å². The van der Waals surface area contributed by atoms with Crippen LogP contribution in [-0.4, -0.2) is 45.4 Å². The number of carbonyl (C=O) groups excluding carboxylic acids is 1. The zero-order chi connectivity index (χ0) is 22.4. The van der Waals surface area contributed by atoms with E-state index in [1.807, 2.05) is 38.1 Å². The van der Waals surface area contributed by atoms with Crippen molar-refractivity contribution >= 4 is 21.6 Å². The molecule has 0 saturated heterocycles. The molecule has 0 radical (unpaired) electrons. The van der Waals surface area contributed by atoms with Crippen LogP contribution in [0.1, 0.15) is 32.8 Å². The van der Waals surface area contributed by atoms with Gasteiger partial charge in [-0.15, -0.1) is 0 Å². The number of anilines is 1. The smallest absolute Gasteiger partial charge is 0.263 e. The predicted octanol–water partition coefficient (Wildman–Crippen LogP) is 3.14. The van der Waals surface area contributed by atoms with Crippen molar-refractivity contribution in [2.75, 3.05) is 23.1 Å². The Kier molecular flexibility index (Phi) is 7.43. The molecule has 0 aromatic heterocycles. The van der Waals surface area contributed by atoms with Gasteiger partial charge in [0, 0.05) is 6.54 Å². The van der Waals surface area contributed by atoms with Crippen molar-refractivity contribution in [2.24, 2.45) is 0 Å². The second-order valence-corrected chi connectivity index (χ2v) is 9.89. The molecule has 0 fully saturated rings. The minimum absolute atomic E-state index is 0.0314. The quantitative estimate of drug-likeness (QED) is 0.598. The van der Waals surface area contributed by atoms with E-state index >= 15 is 0 Å². The predicted molar refractivity (Wildman–Crippen MR) is 121 cm³/mol. The van der Waals surface area contributed by atoms with Gasteiger partial charge in [-0.3, -0.25) is 9.10 Å². The van der Waals surface area contributed by atoms with E-state index < -0.39 is 16.1 Å². The highest BCUT2D eigenvalue weighted by molar-refractivity contribution is 7.92. The van der Waals surface area contributed by atoms with Gasteiger partial charge in [-0.1, -0.05) is 24.3 Å². The van der Waals surface area contributed by atoms with Gasteiger partial charge in [0.2, 0.25) is 10.0 Å². The van der Waals surface area contributed by atoms with Crippen molar-refractivity contribution in [3.8, 4) is 11.5 Å². The first-order valence-electron chi connectivity index (χ1n) is 10.6. The van der Waals surface area contributed by atoms with E-state index in [1.165, 1.54) is 4.31 Å². The maximum Gasteiger partial charge on any atom is 0.263 e. The van der Waals surface area contributed by atoms with Gasteiger partial charge in [-0.25, -0.2) is 8.42 Å². The third-order valence-electron chi connectivity index (χ3n) is 4.96. The van der Waals surface area contributed by atoms with Gasteiger partial charge in [0.25, 0.3) is 5.91 Å². The van der Waals surface area contributed by atoms with Crippen molar-refractivity contribution in [1.29, 1.82) is 0 Å². The first-order valence-corrected chi connectivity index (χ1v) is 12.2. The van der Waals surface area contributed by atoms with Crippen LogP contribution in [0.3, 0.4) is 0 Å². The standard InChI is InChI=1S/C23H30N2O5S/c1-4-31(27,28)25-16-22(30-21-10-6-5-9-20(21)25)23(26)24-15-7-8-18-11-13-19(14-12-18)29-17(2)3/h5-6,9-14,17,22H,4,7-8,15-16H2,1-3H3,(H,24,26). The zero-order valence-electron chi connectivity index (χ0n) is 18.2. The molecule has 168 valence electrons. The molecule has 0 bridgehead atoms. The molecule has 0 saturated carbocycles. The van der Waals surface area contributed by atoms with Gasteiger partial charge in [0.15, 0.2) is 6.10 Å². The minimum Gasteiger partial charge on any atom is -0.491 e. The number of aryl methyl sites for hydroxylation is 1. The molecule has 2 aromatic rings. The molecule has 8 heteroatoms. The summed E-state index contributed by atoms with van der Waals surface area (Å²) in [5, 5.41) is 2.87. The summed E-state index contributed by atoms with van der Waals surface area (Å²) < 4.78 is 37.7. The third kappa shape index (κ3) is 5.91. The number of nitrogens with zero attached hydrogens (tertiary/aromatic N) is 1. The Morgan fingerprint density at radius 1 is 1.19 bits per heavy atom. The van der Waals surface area contributed by atoms with Crippen LogP contribution in [0.25, 0.3) is 0 Å². The van der Waals surface area contributed by atoms with Crippen LogP contribution >= 0.6 is 0 Å². The number of rotatable bonds is 9. The van der Waals surface area contributed by atoms with E-state index in [-0.39, 0.29) is 24.3 Å². The molecule has 1 aliphatic rings. The largest absolute Gasteiger partial charge is 0.491 e. The van der Waals surface area contributed by atoms with Crippen LogP contribution in [0.4, 0.5) is 5.69 Å². The van der Waals surface area contributed by atoms with Crippen molar-refractivity contribution in [3.63, 3.8) is 0 Å². The number of carbonyl (C=O) groups is 1. The Morgan fingerprint density at radius 3 is 2.58 bits per heavy atom. The summed E-state index contributed by atoms with van der Waals surface area (Å²) in [7, 11) is -3.51. The summed E-state index contributed by atoms with van der Waals surface area (Å²) in [5.74, 6) is 0.880. The molecule has 1 N–H and O–H groups in total. The Balaban J connectivity index is 1.54. The Bertz CT molecular complexity index is 989. The SMILES string of the molecule is CCS(=O)(=O)N1CC(C(=O)NCCCc2ccc(OC(C)C)cc2)Oc2ccccc21. The molecule has 1 aliphatic heterocycles. The van der Waals surface area contributed by atoms with Crippen LogP contribution in [0.15, 0.2) is 48.5 Å². The van der Waals surface area contributed by atoms with Gasteiger partial charge in [0.1, 0.15) is 11.5 Å². The molecule has 1 atom stereocenters. The fourth-order valence-electron chi connectivity index (χ4n) is 3.38. The van der Waals surface area contributed by atoms with Crippen LogP contribution in [0.2, 0.25) is 0 Å².